The largest absolute Gasteiger partial charge is 0.476 e. The summed E-state index contributed by atoms with van der Waals surface area (Å²) in [6.45, 7) is 2.40. The molecule has 7 nitrogen and oxygen atoms in total. The quantitative estimate of drug-likeness (QED) is 0.565. The van der Waals surface area contributed by atoms with Gasteiger partial charge in [-0.15, -0.1) is 0 Å². The van der Waals surface area contributed by atoms with E-state index in [9.17, 15) is 13.2 Å². The number of benzene rings is 3. The highest BCUT2D eigenvalue weighted by molar-refractivity contribution is 7.92. The number of hydrogen-bond acceptors (Lipinski definition) is 5. The first kappa shape index (κ1) is 23.2. The second-order valence-electron chi connectivity index (χ2n) is 8.86. The number of para-hydroxylation sites is 2. The highest BCUT2D eigenvalue weighted by Crippen LogP contribution is 2.36. The van der Waals surface area contributed by atoms with Crippen molar-refractivity contribution in [3.63, 3.8) is 0 Å². The van der Waals surface area contributed by atoms with Gasteiger partial charge in [-0.25, -0.2) is 8.42 Å². The standard InChI is InChI=1S/C27H29N3O4S/c31-27(28-19-21-13-15-22(16-14-21)29-17-7-2-8-18-29)26-20-30(24-11-5-6-12-25(24)34-26)35(32,33)23-9-3-1-4-10-23/h1,3-6,9-16,26H,2,7-8,17-20H2,(H,28,31). The Balaban J connectivity index is 1.29. The summed E-state index contributed by atoms with van der Waals surface area (Å²) < 4.78 is 34.0. The van der Waals surface area contributed by atoms with Crippen molar-refractivity contribution in [2.45, 2.75) is 36.8 Å². The molecule has 5 rings (SSSR count). The maximum Gasteiger partial charge on any atom is 0.264 e. The molecule has 0 spiro atoms. The zero-order valence-corrected chi connectivity index (χ0v) is 20.3. The minimum Gasteiger partial charge on any atom is -0.476 e. The lowest BCUT2D eigenvalue weighted by molar-refractivity contribution is -0.127. The van der Waals surface area contributed by atoms with Gasteiger partial charge in [-0.05, 0) is 61.2 Å². The van der Waals surface area contributed by atoms with Crippen LogP contribution in [0.1, 0.15) is 24.8 Å². The van der Waals surface area contributed by atoms with Gasteiger partial charge in [0.2, 0.25) is 0 Å². The molecule has 0 aromatic heterocycles. The molecule has 8 heteroatoms. The van der Waals surface area contributed by atoms with E-state index >= 15 is 0 Å². The van der Waals surface area contributed by atoms with E-state index in [1.54, 1.807) is 54.6 Å². The molecular formula is C27H29N3O4S. The third-order valence-corrected chi connectivity index (χ3v) is 8.28. The van der Waals surface area contributed by atoms with Gasteiger partial charge in [0.1, 0.15) is 5.75 Å². The summed E-state index contributed by atoms with van der Waals surface area (Å²) in [5.74, 6) is 0.0113. The maximum atomic E-state index is 13.4. The summed E-state index contributed by atoms with van der Waals surface area (Å²) in [6.07, 6.45) is 2.77. The number of fused-ring (bicyclic) bond motifs is 1. The highest BCUT2D eigenvalue weighted by Gasteiger charge is 2.37. The molecule has 2 aliphatic heterocycles. The number of rotatable bonds is 6. The number of nitrogens with one attached hydrogen (secondary N) is 1. The van der Waals surface area contributed by atoms with Crippen LogP contribution in [0.3, 0.4) is 0 Å². The molecule has 1 N–H and O–H groups in total. The van der Waals surface area contributed by atoms with Crippen LogP contribution in [0.25, 0.3) is 0 Å². The van der Waals surface area contributed by atoms with Crippen molar-refractivity contribution in [1.82, 2.24) is 5.32 Å². The van der Waals surface area contributed by atoms with Crippen molar-refractivity contribution in [3.8, 4) is 5.75 Å². The molecule has 2 heterocycles. The number of nitrogens with zero attached hydrogens (tertiary/aromatic N) is 2. The summed E-state index contributed by atoms with van der Waals surface area (Å²) in [6, 6.07) is 23.3. The SMILES string of the molecule is O=C(NCc1ccc(N2CCCCC2)cc1)C1CN(S(=O)(=O)c2ccccc2)c2ccccc2O1. The summed E-state index contributed by atoms with van der Waals surface area (Å²) >= 11 is 0. The number of ether oxygens (including phenoxy) is 1. The third-order valence-electron chi connectivity index (χ3n) is 6.48. The van der Waals surface area contributed by atoms with Crippen LogP contribution < -0.4 is 19.3 Å². The van der Waals surface area contributed by atoms with Crippen LogP contribution in [0.5, 0.6) is 5.75 Å². The van der Waals surface area contributed by atoms with Gasteiger partial charge in [-0.2, -0.15) is 0 Å². The van der Waals surface area contributed by atoms with Gasteiger partial charge < -0.3 is 15.0 Å². The van der Waals surface area contributed by atoms with Crippen LogP contribution in [-0.2, 0) is 21.4 Å². The monoisotopic (exact) mass is 491 g/mol. The Morgan fingerprint density at radius 3 is 2.31 bits per heavy atom. The first-order chi connectivity index (χ1) is 17.0. The Morgan fingerprint density at radius 1 is 0.886 bits per heavy atom. The fraction of sp³-hybridized carbons (Fsp3) is 0.296. The molecule has 0 bridgehead atoms. The minimum absolute atomic E-state index is 0.103. The minimum atomic E-state index is -3.86. The highest BCUT2D eigenvalue weighted by atomic mass is 32.2. The van der Waals surface area contributed by atoms with Crippen molar-refractivity contribution in [1.29, 1.82) is 0 Å². The predicted molar refractivity (Wildman–Crippen MR) is 136 cm³/mol. The summed E-state index contributed by atoms with van der Waals surface area (Å²) in [5, 5.41) is 2.91. The first-order valence-electron chi connectivity index (χ1n) is 12.0. The molecule has 0 radical (unpaired) electrons. The molecule has 0 aliphatic carbocycles. The van der Waals surface area contributed by atoms with Gasteiger partial charge in [0.25, 0.3) is 15.9 Å². The summed E-state index contributed by atoms with van der Waals surface area (Å²) in [4.78, 5) is 15.6. The van der Waals surface area contributed by atoms with Crippen LogP contribution in [0.2, 0.25) is 0 Å². The topological polar surface area (TPSA) is 79.0 Å². The number of hydrogen-bond donors (Lipinski definition) is 1. The molecule has 3 aromatic rings. The van der Waals surface area contributed by atoms with E-state index in [2.05, 4.69) is 22.3 Å². The number of amides is 1. The van der Waals surface area contributed by atoms with Crippen molar-refractivity contribution in [2.24, 2.45) is 0 Å². The van der Waals surface area contributed by atoms with Crippen LogP contribution in [0.4, 0.5) is 11.4 Å². The number of carbonyl (C=O) groups excluding carboxylic acids is 1. The lowest BCUT2D eigenvalue weighted by Crippen LogP contribution is -2.50. The second-order valence-corrected chi connectivity index (χ2v) is 10.7. The molecule has 1 saturated heterocycles. The summed E-state index contributed by atoms with van der Waals surface area (Å²) in [5.41, 5.74) is 2.60. The maximum absolute atomic E-state index is 13.4. The lowest BCUT2D eigenvalue weighted by atomic mass is 10.1. The smallest absolute Gasteiger partial charge is 0.264 e. The van der Waals surface area contributed by atoms with Crippen LogP contribution in [-0.4, -0.2) is 40.1 Å². The van der Waals surface area contributed by atoms with Gasteiger partial charge in [0, 0.05) is 25.3 Å². The zero-order valence-electron chi connectivity index (χ0n) is 19.5. The summed E-state index contributed by atoms with van der Waals surface area (Å²) in [7, 11) is -3.86. The Kier molecular flexibility index (Phi) is 6.63. The van der Waals surface area contributed by atoms with Crippen LogP contribution in [0.15, 0.2) is 83.8 Å². The average molecular weight is 492 g/mol. The normalized spacial score (nSPS) is 17.9. The van der Waals surface area contributed by atoms with Gasteiger partial charge in [-0.1, -0.05) is 42.5 Å². The fourth-order valence-corrected chi connectivity index (χ4v) is 6.06. The number of anilines is 2. The van der Waals surface area contributed by atoms with E-state index in [0.29, 0.717) is 18.0 Å². The van der Waals surface area contributed by atoms with E-state index in [4.69, 9.17) is 4.74 Å². The number of piperidine rings is 1. The Bertz CT molecular complexity index is 1270. The van der Waals surface area contributed by atoms with Crippen molar-refractivity contribution < 1.29 is 17.9 Å². The molecular weight excluding hydrogens is 462 g/mol. The van der Waals surface area contributed by atoms with Crippen LogP contribution >= 0.6 is 0 Å². The van der Waals surface area contributed by atoms with Gasteiger partial charge in [-0.3, -0.25) is 9.10 Å². The molecule has 1 amide bonds. The van der Waals surface area contributed by atoms with Crippen LogP contribution in [0, 0.1) is 0 Å². The van der Waals surface area contributed by atoms with Gasteiger partial charge in [0.15, 0.2) is 6.10 Å². The van der Waals surface area contributed by atoms with Crippen molar-refractivity contribution >= 4 is 27.3 Å². The van der Waals surface area contributed by atoms with E-state index in [-0.39, 0.29) is 17.3 Å². The van der Waals surface area contributed by atoms with E-state index < -0.39 is 16.1 Å². The Morgan fingerprint density at radius 2 is 1.57 bits per heavy atom. The van der Waals surface area contributed by atoms with Gasteiger partial charge in [0.05, 0.1) is 17.1 Å². The van der Waals surface area contributed by atoms with Crippen molar-refractivity contribution in [3.05, 3.63) is 84.4 Å². The molecule has 1 fully saturated rings. The second kappa shape index (κ2) is 10.00. The number of carbonyl (C=O) groups is 1. The Hall–Kier alpha value is -3.52. The third kappa shape index (κ3) is 4.98. The molecule has 3 aromatic carbocycles. The molecule has 2 aliphatic rings. The van der Waals surface area contributed by atoms with E-state index in [0.717, 1.165) is 18.7 Å². The van der Waals surface area contributed by atoms with E-state index in [1.807, 2.05) is 12.1 Å². The zero-order chi connectivity index (χ0) is 24.3. The average Bonchev–Trinajstić information content (AvgIpc) is 2.92. The fourth-order valence-electron chi connectivity index (χ4n) is 4.57. The van der Waals surface area contributed by atoms with Gasteiger partial charge >= 0.3 is 0 Å². The molecule has 35 heavy (non-hydrogen) atoms. The molecule has 0 saturated carbocycles. The first-order valence-corrected chi connectivity index (χ1v) is 13.4. The molecule has 182 valence electrons. The van der Waals surface area contributed by atoms with E-state index in [1.165, 1.54) is 29.3 Å². The van der Waals surface area contributed by atoms with Crippen molar-refractivity contribution in [2.75, 3.05) is 28.8 Å². The Labute approximate surface area is 206 Å². The molecule has 1 unspecified atom stereocenters. The lowest BCUT2D eigenvalue weighted by Gasteiger charge is -2.34. The molecule has 1 atom stereocenters. The number of sulfonamides is 1. The predicted octanol–water partition coefficient (Wildman–Crippen LogP) is 3.95.